The second-order valence-corrected chi connectivity index (χ2v) is 9.56. The van der Waals surface area contributed by atoms with E-state index in [1.807, 2.05) is 48.0 Å². The van der Waals surface area contributed by atoms with Gasteiger partial charge < -0.3 is 14.2 Å². The molecule has 0 saturated carbocycles. The molecule has 1 fully saturated rings. The first-order valence-corrected chi connectivity index (χ1v) is 13.3. The van der Waals surface area contributed by atoms with Gasteiger partial charge in [-0.2, -0.15) is 0 Å². The van der Waals surface area contributed by atoms with E-state index in [2.05, 4.69) is 48.5 Å². The van der Waals surface area contributed by atoms with Gasteiger partial charge in [-0.1, -0.05) is 66.7 Å². The summed E-state index contributed by atoms with van der Waals surface area (Å²) in [7, 11) is 0. The van der Waals surface area contributed by atoms with Crippen LogP contribution in [0.15, 0.2) is 85.1 Å². The number of aromatic nitrogens is 1. The van der Waals surface area contributed by atoms with Gasteiger partial charge in [0.05, 0.1) is 19.8 Å². The normalized spacial score (nSPS) is 16.9. The van der Waals surface area contributed by atoms with Gasteiger partial charge in [0.2, 0.25) is 11.6 Å². The Morgan fingerprint density at radius 2 is 1.66 bits per heavy atom. The Labute approximate surface area is 225 Å². The van der Waals surface area contributed by atoms with Crippen molar-refractivity contribution < 1.29 is 28.4 Å². The summed E-state index contributed by atoms with van der Waals surface area (Å²) in [5.41, 5.74) is 3.38. The fraction of sp³-hybridized carbons (Fsp3) is 0.387. The first-order chi connectivity index (χ1) is 18.5. The summed E-state index contributed by atoms with van der Waals surface area (Å²) in [6, 6.07) is 26.6. The van der Waals surface area contributed by atoms with E-state index in [0.29, 0.717) is 19.6 Å². The molecule has 2 amide bonds. The fourth-order valence-electron chi connectivity index (χ4n) is 4.79. The van der Waals surface area contributed by atoms with E-state index < -0.39 is 6.09 Å². The predicted octanol–water partition coefficient (Wildman–Crippen LogP) is 5.08. The highest BCUT2D eigenvalue weighted by Crippen LogP contribution is 2.29. The van der Waals surface area contributed by atoms with Gasteiger partial charge in [0.15, 0.2) is 12.5 Å². The van der Waals surface area contributed by atoms with E-state index >= 15 is 0 Å². The molecule has 7 heteroatoms. The molecule has 0 radical (unpaired) electrons. The molecular formula is C31H37N2O5+. The minimum Gasteiger partial charge on any atom is -0.449 e. The third-order valence-electron chi connectivity index (χ3n) is 6.90. The molecule has 2 atom stereocenters. The van der Waals surface area contributed by atoms with E-state index in [0.717, 1.165) is 23.6 Å². The monoisotopic (exact) mass is 517 g/mol. The van der Waals surface area contributed by atoms with Crippen LogP contribution in [0.4, 0.5) is 4.79 Å². The van der Waals surface area contributed by atoms with Gasteiger partial charge in [0.25, 0.3) is 0 Å². The lowest BCUT2D eigenvalue weighted by atomic mass is 9.89. The highest BCUT2D eigenvalue weighted by molar-refractivity contribution is 5.90. The zero-order valence-corrected chi connectivity index (χ0v) is 22.2. The highest BCUT2D eigenvalue weighted by atomic mass is 16.7. The topological polar surface area (TPSA) is 69.0 Å². The van der Waals surface area contributed by atoms with Gasteiger partial charge in [0.1, 0.15) is 13.1 Å². The first kappa shape index (κ1) is 27.5. The number of rotatable bonds is 11. The molecule has 2 heterocycles. The molecule has 0 aliphatic carbocycles. The number of amides is 2. The zero-order chi connectivity index (χ0) is 26.7. The largest absolute Gasteiger partial charge is 0.449 e. The van der Waals surface area contributed by atoms with Crippen LogP contribution in [0.25, 0.3) is 0 Å². The maximum absolute atomic E-state index is 12.7. The number of nitrogens with zero attached hydrogens (tertiary/aromatic N) is 2. The van der Waals surface area contributed by atoms with Gasteiger partial charge in [-0.15, -0.1) is 0 Å². The summed E-state index contributed by atoms with van der Waals surface area (Å²) in [6.07, 6.45) is 2.43. The predicted molar refractivity (Wildman–Crippen MR) is 143 cm³/mol. The Balaban J connectivity index is 1.25. The molecule has 2 aromatic carbocycles. The molecule has 38 heavy (non-hydrogen) atoms. The van der Waals surface area contributed by atoms with Crippen molar-refractivity contribution in [1.29, 1.82) is 0 Å². The molecular weight excluding hydrogens is 480 g/mol. The van der Waals surface area contributed by atoms with Crippen molar-refractivity contribution in [3.05, 3.63) is 102 Å². The summed E-state index contributed by atoms with van der Waals surface area (Å²) < 4.78 is 19.4. The van der Waals surface area contributed by atoms with Crippen LogP contribution in [0.2, 0.25) is 0 Å². The standard InChI is InChI=1S/C31H37N2O5/c1-3-32-18-11-10-16-28(32)21-33(24(2)34)31(35)38-23-25-20-30(37-22-25)36-19-17-29(26-12-6-4-7-13-26)27-14-8-5-9-15-27/h4-16,18,25,29-30H,3,17,19-23H2,1-2H3/q+1. The molecule has 0 N–H and O–H groups in total. The van der Waals surface area contributed by atoms with Crippen molar-refractivity contribution in [2.45, 2.75) is 52.0 Å². The van der Waals surface area contributed by atoms with Gasteiger partial charge in [0, 0.05) is 37.3 Å². The maximum Gasteiger partial charge on any atom is 0.417 e. The average molecular weight is 518 g/mol. The SMILES string of the molecule is CC[n+]1ccccc1CN(C(C)=O)C(=O)OCC1COC(OCCC(c2ccccc2)c2ccccc2)C1. The van der Waals surface area contributed by atoms with E-state index in [1.54, 1.807) is 0 Å². The molecule has 2 unspecified atom stereocenters. The number of carbonyl (C=O) groups is 2. The molecule has 0 spiro atoms. The van der Waals surface area contributed by atoms with E-state index in [4.69, 9.17) is 14.2 Å². The van der Waals surface area contributed by atoms with Crippen LogP contribution in [0.5, 0.6) is 0 Å². The number of ether oxygens (including phenoxy) is 3. The summed E-state index contributed by atoms with van der Waals surface area (Å²) in [5, 5.41) is 0. The minimum atomic E-state index is -0.637. The molecule has 0 bridgehead atoms. The van der Waals surface area contributed by atoms with E-state index in [1.165, 1.54) is 18.1 Å². The van der Waals surface area contributed by atoms with Crippen molar-refractivity contribution in [3.63, 3.8) is 0 Å². The van der Waals surface area contributed by atoms with Crippen LogP contribution < -0.4 is 4.57 Å². The van der Waals surface area contributed by atoms with Crippen LogP contribution in [-0.4, -0.2) is 43.0 Å². The number of carbonyl (C=O) groups excluding carboxylic acids is 2. The van der Waals surface area contributed by atoms with E-state index in [9.17, 15) is 9.59 Å². The molecule has 1 aromatic heterocycles. The maximum atomic E-state index is 12.7. The van der Waals surface area contributed by atoms with Crippen LogP contribution in [0, 0.1) is 5.92 Å². The minimum absolute atomic E-state index is 0.0223. The Morgan fingerprint density at radius 1 is 1.00 bits per heavy atom. The summed E-state index contributed by atoms with van der Waals surface area (Å²) >= 11 is 0. The van der Waals surface area contributed by atoms with Crippen LogP contribution >= 0.6 is 0 Å². The Hall–Kier alpha value is -3.55. The lowest BCUT2D eigenvalue weighted by Gasteiger charge is -2.20. The van der Waals surface area contributed by atoms with Crippen molar-refractivity contribution in [2.24, 2.45) is 5.92 Å². The Morgan fingerprint density at radius 3 is 2.29 bits per heavy atom. The highest BCUT2D eigenvalue weighted by Gasteiger charge is 2.30. The molecule has 7 nitrogen and oxygen atoms in total. The van der Waals surface area contributed by atoms with Crippen molar-refractivity contribution in [3.8, 4) is 0 Å². The summed E-state index contributed by atoms with van der Waals surface area (Å²) in [6.45, 7) is 5.49. The van der Waals surface area contributed by atoms with Crippen molar-refractivity contribution >= 4 is 12.0 Å². The Kier molecular flexibility index (Phi) is 10.0. The van der Waals surface area contributed by atoms with Gasteiger partial charge in [-0.25, -0.2) is 14.3 Å². The van der Waals surface area contributed by atoms with Crippen LogP contribution in [0.3, 0.4) is 0 Å². The summed E-state index contributed by atoms with van der Waals surface area (Å²) in [5.74, 6) is -0.0880. The molecule has 200 valence electrons. The third kappa shape index (κ3) is 7.49. The quantitative estimate of drug-likeness (QED) is 0.332. The van der Waals surface area contributed by atoms with Crippen LogP contribution in [0.1, 0.15) is 49.4 Å². The zero-order valence-electron chi connectivity index (χ0n) is 22.2. The smallest absolute Gasteiger partial charge is 0.417 e. The van der Waals surface area contributed by atoms with E-state index in [-0.39, 0.29) is 37.2 Å². The molecule has 1 aliphatic rings. The number of aryl methyl sites for hydroxylation is 1. The molecule has 3 aromatic rings. The number of benzene rings is 2. The summed E-state index contributed by atoms with van der Waals surface area (Å²) in [4.78, 5) is 26.1. The molecule has 1 saturated heterocycles. The average Bonchev–Trinajstić information content (AvgIpc) is 3.41. The lowest BCUT2D eigenvalue weighted by molar-refractivity contribution is -0.701. The van der Waals surface area contributed by atoms with Gasteiger partial charge in [-0.3, -0.25) is 4.79 Å². The van der Waals surface area contributed by atoms with Crippen molar-refractivity contribution in [2.75, 3.05) is 19.8 Å². The number of hydrogen-bond acceptors (Lipinski definition) is 5. The van der Waals surface area contributed by atoms with Gasteiger partial charge >= 0.3 is 6.09 Å². The number of pyridine rings is 1. The molecule has 4 rings (SSSR count). The second kappa shape index (κ2) is 13.8. The third-order valence-corrected chi connectivity index (χ3v) is 6.90. The molecule has 1 aliphatic heterocycles. The fourth-order valence-corrected chi connectivity index (χ4v) is 4.79. The second-order valence-electron chi connectivity index (χ2n) is 9.56. The number of imide groups is 1. The first-order valence-electron chi connectivity index (χ1n) is 13.3. The Bertz CT molecular complexity index is 1130. The van der Waals surface area contributed by atoms with Crippen molar-refractivity contribution in [1.82, 2.24) is 4.90 Å². The lowest BCUT2D eigenvalue weighted by Crippen LogP contribution is -2.43. The van der Waals surface area contributed by atoms with Crippen LogP contribution in [-0.2, 0) is 32.1 Å². The number of hydrogen-bond donors (Lipinski definition) is 0. The van der Waals surface area contributed by atoms with Gasteiger partial charge in [-0.05, 0) is 24.5 Å².